The van der Waals surface area contributed by atoms with Crippen LogP contribution < -0.4 is 10.6 Å². The van der Waals surface area contributed by atoms with Crippen LogP contribution in [0.15, 0.2) is 24.3 Å². The van der Waals surface area contributed by atoms with Crippen LogP contribution in [0.1, 0.15) is 37.6 Å². The minimum Gasteiger partial charge on any atom is -0.355 e. The van der Waals surface area contributed by atoms with Crippen molar-refractivity contribution in [2.75, 3.05) is 26.2 Å². The number of nitrogens with one attached hydrogen (secondary N) is 2. The second-order valence-corrected chi connectivity index (χ2v) is 7.84. The Hall–Kier alpha value is -1.99. The molecule has 1 fully saturated rings. The zero-order chi connectivity index (χ0) is 18.5. The number of benzene rings is 1. The van der Waals surface area contributed by atoms with E-state index >= 15 is 0 Å². The number of amides is 2. The lowest BCUT2D eigenvalue weighted by Gasteiger charge is -2.31. The molecule has 2 heterocycles. The van der Waals surface area contributed by atoms with Crippen LogP contribution in [0.3, 0.4) is 0 Å². The van der Waals surface area contributed by atoms with E-state index in [2.05, 4.69) is 21.6 Å². The van der Waals surface area contributed by atoms with Crippen LogP contribution in [-0.4, -0.2) is 53.9 Å². The SMILES string of the molecule is CCNC(=O)[C@@H](C)NC(=O)CN1CCC[C@H](c2nc3ccccc3s2)C1. The van der Waals surface area contributed by atoms with Crippen molar-refractivity contribution in [1.82, 2.24) is 20.5 Å². The highest BCUT2D eigenvalue weighted by Gasteiger charge is 2.26. The van der Waals surface area contributed by atoms with Gasteiger partial charge in [-0.3, -0.25) is 14.5 Å². The van der Waals surface area contributed by atoms with Crippen LogP contribution in [0, 0.1) is 0 Å². The molecule has 3 rings (SSSR count). The van der Waals surface area contributed by atoms with E-state index in [4.69, 9.17) is 4.98 Å². The smallest absolute Gasteiger partial charge is 0.242 e. The number of likely N-dealkylation sites (N-methyl/N-ethyl adjacent to an activating group) is 1. The Morgan fingerprint density at radius 3 is 2.96 bits per heavy atom. The van der Waals surface area contributed by atoms with Crippen LogP contribution in [0.25, 0.3) is 10.2 Å². The molecule has 1 aromatic heterocycles. The van der Waals surface area contributed by atoms with Gasteiger partial charge >= 0.3 is 0 Å². The minimum atomic E-state index is -0.507. The molecule has 0 radical (unpaired) electrons. The number of hydrogen-bond acceptors (Lipinski definition) is 5. The molecule has 1 aromatic carbocycles. The Labute approximate surface area is 158 Å². The predicted octanol–water partition coefficient (Wildman–Crippen LogP) is 2.12. The van der Waals surface area contributed by atoms with Gasteiger partial charge in [0.05, 0.1) is 21.8 Å². The number of piperidine rings is 1. The normalized spacial score (nSPS) is 19.2. The fourth-order valence-electron chi connectivity index (χ4n) is 3.35. The molecule has 2 N–H and O–H groups in total. The van der Waals surface area contributed by atoms with E-state index in [0.717, 1.165) is 36.5 Å². The molecule has 26 heavy (non-hydrogen) atoms. The fraction of sp³-hybridized carbons (Fsp3) is 0.526. The van der Waals surface area contributed by atoms with E-state index in [-0.39, 0.29) is 11.8 Å². The van der Waals surface area contributed by atoms with Crippen molar-refractivity contribution in [2.24, 2.45) is 0 Å². The number of hydrogen-bond donors (Lipinski definition) is 2. The number of para-hydroxylation sites is 1. The van der Waals surface area contributed by atoms with Crippen LogP contribution in [-0.2, 0) is 9.59 Å². The summed E-state index contributed by atoms with van der Waals surface area (Å²) >= 11 is 1.75. The molecule has 7 heteroatoms. The molecular formula is C19H26N4O2S. The Kier molecular flexibility index (Phi) is 6.21. The van der Waals surface area contributed by atoms with E-state index in [1.165, 1.54) is 4.70 Å². The lowest BCUT2D eigenvalue weighted by molar-refractivity contribution is -0.129. The molecule has 0 spiro atoms. The third kappa shape index (κ3) is 4.59. The number of aromatic nitrogens is 1. The van der Waals surface area contributed by atoms with Crippen molar-refractivity contribution < 1.29 is 9.59 Å². The minimum absolute atomic E-state index is 0.103. The van der Waals surface area contributed by atoms with Crippen LogP contribution in [0.5, 0.6) is 0 Å². The zero-order valence-corrected chi connectivity index (χ0v) is 16.1. The summed E-state index contributed by atoms with van der Waals surface area (Å²) in [6, 6.07) is 7.70. The number of thiazole rings is 1. The largest absolute Gasteiger partial charge is 0.355 e. The van der Waals surface area contributed by atoms with Gasteiger partial charge in [-0.1, -0.05) is 12.1 Å². The summed E-state index contributed by atoms with van der Waals surface area (Å²) in [4.78, 5) is 31.0. The molecule has 0 unspecified atom stereocenters. The number of likely N-dealkylation sites (tertiary alicyclic amines) is 1. The van der Waals surface area contributed by atoms with Gasteiger partial charge in [-0.15, -0.1) is 11.3 Å². The molecule has 1 aliphatic heterocycles. The van der Waals surface area contributed by atoms with Gasteiger partial charge in [-0.2, -0.15) is 0 Å². The molecule has 0 saturated carbocycles. The summed E-state index contributed by atoms with van der Waals surface area (Å²) < 4.78 is 1.22. The van der Waals surface area contributed by atoms with Crippen molar-refractivity contribution >= 4 is 33.4 Å². The average molecular weight is 375 g/mol. The maximum Gasteiger partial charge on any atom is 0.242 e. The Balaban J connectivity index is 1.56. The second-order valence-electron chi connectivity index (χ2n) is 6.78. The van der Waals surface area contributed by atoms with E-state index in [0.29, 0.717) is 19.0 Å². The highest BCUT2D eigenvalue weighted by molar-refractivity contribution is 7.18. The molecule has 1 saturated heterocycles. The van der Waals surface area contributed by atoms with Gasteiger partial charge in [0.2, 0.25) is 11.8 Å². The molecule has 140 valence electrons. The quantitative estimate of drug-likeness (QED) is 0.812. The Morgan fingerprint density at radius 2 is 2.19 bits per heavy atom. The summed E-state index contributed by atoms with van der Waals surface area (Å²) in [7, 11) is 0. The number of carbonyl (C=O) groups is 2. The van der Waals surface area contributed by atoms with Crippen molar-refractivity contribution in [2.45, 2.75) is 38.6 Å². The standard InChI is InChI=1S/C19H26N4O2S/c1-3-20-18(25)13(2)21-17(24)12-23-10-6-7-14(11-23)19-22-15-8-4-5-9-16(15)26-19/h4-5,8-9,13-14H,3,6-7,10-12H2,1-2H3,(H,20,25)(H,21,24)/t13-,14+/m1/s1. The van der Waals surface area contributed by atoms with Crippen LogP contribution in [0.2, 0.25) is 0 Å². The third-order valence-corrected chi connectivity index (χ3v) is 5.85. The van der Waals surface area contributed by atoms with Gasteiger partial charge in [0.1, 0.15) is 6.04 Å². The lowest BCUT2D eigenvalue weighted by Crippen LogP contribution is -2.49. The first-order valence-corrected chi connectivity index (χ1v) is 10.0. The monoisotopic (exact) mass is 374 g/mol. The van der Waals surface area contributed by atoms with Gasteiger partial charge in [0.25, 0.3) is 0 Å². The molecular weight excluding hydrogens is 348 g/mol. The van der Waals surface area contributed by atoms with E-state index in [1.807, 2.05) is 25.1 Å². The molecule has 2 atom stereocenters. The van der Waals surface area contributed by atoms with E-state index < -0.39 is 6.04 Å². The first-order valence-electron chi connectivity index (χ1n) is 9.21. The van der Waals surface area contributed by atoms with Crippen molar-refractivity contribution in [3.63, 3.8) is 0 Å². The third-order valence-electron chi connectivity index (χ3n) is 4.65. The summed E-state index contributed by atoms with van der Waals surface area (Å²) in [5.41, 5.74) is 1.05. The highest BCUT2D eigenvalue weighted by Crippen LogP contribution is 2.32. The number of carbonyl (C=O) groups excluding carboxylic acids is 2. The zero-order valence-electron chi connectivity index (χ0n) is 15.3. The van der Waals surface area contributed by atoms with Crippen molar-refractivity contribution in [3.8, 4) is 0 Å². The number of fused-ring (bicyclic) bond motifs is 1. The first kappa shape index (κ1) is 18.8. The van der Waals surface area contributed by atoms with Gasteiger partial charge < -0.3 is 10.6 Å². The lowest BCUT2D eigenvalue weighted by atomic mass is 9.99. The Morgan fingerprint density at radius 1 is 1.38 bits per heavy atom. The summed E-state index contributed by atoms with van der Waals surface area (Å²) in [5.74, 6) is 0.121. The topological polar surface area (TPSA) is 74.3 Å². The molecule has 6 nitrogen and oxygen atoms in total. The van der Waals surface area contributed by atoms with Gasteiger partial charge in [-0.25, -0.2) is 4.98 Å². The summed E-state index contributed by atoms with van der Waals surface area (Å²) in [5, 5.41) is 6.66. The second kappa shape index (κ2) is 8.60. The number of nitrogens with zero attached hydrogens (tertiary/aromatic N) is 2. The summed E-state index contributed by atoms with van der Waals surface area (Å²) in [6.45, 7) is 6.21. The van der Waals surface area contributed by atoms with Gasteiger partial charge in [-0.05, 0) is 45.4 Å². The van der Waals surface area contributed by atoms with Crippen molar-refractivity contribution in [3.05, 3.63) is 29.3 Å². The van der Waals surface area contributed by atoms with Crippen LogP contribution in [0.4, 0.5) is 0 Å². The molecule has 2 amide bonds. The Bertz CT molecular complexity index is 743. The fourth-order valence-corrected chi connectivity index (χ4v) is 4.44. The first-order chi connectivity index (χ1) is 12.6. The summed E-state index contributed by atoms with van der Waals surface area (Å²) in [6.07, 6.45) is 2.16. The molecule has 0 aliphatic carbocycles. The highest BCUT2D eigenvalue weighted by atomic mass is 32.1. The maximum atomic E-state index is 12.3. The molecule has 1 aliphatic rings. The van der Waals surface area contributed by atoms with E-state index in [9.17, 15) is 9.59 Å². The molecule has 0 bridgehead atoms. The predicted molar refractivity (Wildman–Crippen MR) is 104 cm³/mol. The van der Waals surface area contributed by atoms with Gasteiger partial charge in [0, 0.05) is 19.0 Å². The maximum absolute atomic E-state index is 12.3. The molecule has 2 aromatic rings. The number of rotatable bonds is 6. The van der Waals surface area contributed by atoms with Crippen molar-refractivity contribution in [1.29, 1.82) is 0 Å². The van der Waals surface area contributed by atoms with E-state index in [1.54, 1.807) is 18.3 Å². The average Bonchev–Trinajstić information content (AvgIpc) is 3.06. The van der Waals surface area contributed by atoms with Gasteiger partial charge in [0.15, 0.2) is 0 Å². The van der Waals surface area contributed by atoms with Crippen LogP contribution >= 0.6 is 11.3 Å².